The lowest BCUT2D eigenvalue weighted by Crippen LogP contribution is -2.38. The highest BCUT2D eigenvalue weighted by Crippen LogP contribution is 2.40. The number of rotatable bonds is 12. The highest BCUT2D eigenvalue weighted by atomic mass is 32.2. The van der Waals surface area contributed by atoms with Crippen LogP contribution in [0.4, 0.5) is 5.00 Å². The summed E-state index contributed by atoms with van der Waals surface area (Å²) in [6.45, 7) is 8.31. The first-order chi connectivity index (χ1) is 17.2. The molecule has 0 unspecified atom stereocenters. The zero-order valence-electron chi connectivity index (χ0n) is 21.5. The molecule has 1 aliphatic carbocycles. The molecule has 1 heterocycles. The maximum absolute atomic E-state index is 13.4. The monoisotopic (exact) mass is 536 g/mol. The number of thiophene rings is 1. The van der Waals surface area contributed by atoms with E-state index in [0.717, 1.165) is 36.1 Å². The molecular weight excluding hydrogens is 500 g/mol. The first kappa shape index (κ1) is 28.1. The van der Waals surface area contributed by atoms with Crippen molar-refractivity contribution in [3.63, 3.8) is 0 Å². The van der Waals surface area contributed by atoms with Crippen LogP contribution < -0.4 is 10.1 Å². The van der Waals surface area contributed by atoms with Crippen molar-refractivity contribution in [2.45, 2.75) is 64.7 Å². The summed E-state index contributed by atoms with van der Waals surface area (Å²) in [5.74, 6) is 0.137. The van der Waals surface area contributed by atoms with Gasteiger partial charge in [0, 0.05) is 11.4 Å². The van der Waals surface area contributed by atoms with Crippen molar-refractivity contribution in [1.82, 2.24) is 4.31 Å². The van der Waals surface area contributed by atoms with Crippen LogP contribution in [-0.4, -0.2) is 50.9 Å². The van der Waals surface area contributed by atoms with Gasteiger partial charge in [0.05, 0.1) is 30.2 Å². The topological polar surface area (TPSA) is 102 Å². The Bertz CT molecular complexity index is 1160. The van der Waals surface area contributed by atoms with Crippen molar-refractivity contribution in [3.8, 4) is 5.75 Å². The summed E-state index contributed by atoms with van der Waals surface area (Å²) in [6.07, 6.45) is 3.96. The van der Waals surface area contributed by atoms with E-state index < -0.39 is 21.9 Å². The van der Waals surface area contributed by atoms with E-state index >= 15 is 0 Å². The van der Waals surface area contributed by atoms with E-state index in [9.17, 15) is 18.0 Å². The Morgan fingerprint density at radius 2 is 1.86 bits per heavy atom. The fourth-order valence-corrected chi connectivity index (χ4v) is 7.08. The molecule has 198 valence electrons. The van der Waals surface area contributed by atoms with Gasteiger partial charge in [-0.1, -0.05) is 20.3 Å². The Hall–Kier alpha value is -2.43. The maximum Gasteiger partial charge on any atom is 0.341 e. The quantitative estimate of drug-likeness (QED) is 0.388. The van der Waals surface area contributed by atoms with E-state index in [4.69, 9.17) is 9.47 Å². The summed E-state index contributed by atoms with van der Waals surface area (Å²) < 4.78 is 38.6. The van der Waals surface area contributed by atoms with Gasteiger partial charge in [-0.2, -0.15) is 4.31 Å². The molecule has 1 N–H and O–H groups in total. The van der Waals surface area contributed by atoms with Gasteiger partial charge in [-0.25, -0.2) is 13.2 Å². The summed E-state index contributed by atoms with van der Waals surface area (Å²) in [5.41, 5.74) is 1.35. The van der Waals surface area contributed by atoms with Crippen LogP contribution in [0.25, 0.3) is 0 Å². The van der Waals surface area contributed by atoms with Crippen LogP contribution in [0, 0.1) is 5.92 Å². The van der Waals surface area contributed by atoms with Crippen LogP contribution in [0.3, 0.4) is 0 Å². The van der Waals surface area contributed by atoms with Crippen molar-refractivity contribution in [2.24, 2.45) is 5.92 Å². The number of esters is 1. The predicted octanol–water partition coefficient (Wildman–Crippen LogP) is 4.88. The third kappa shape index (κ3) is 6.66. The minimum atomic E-state index is -3.91. The van der Waals surface area contributed by atoms with Gasteiger partial charge in [-0.15, -0.1) is 11.3 Å². The molecule has 1 aliphatic rings. The lowest BCUT2D eigenvalue weighted by molar-refractivity contribution is -0.116. The number of nitrogens with zero attached hydrogens (tertiary/aromatic N) is 1. The number of amides is 1. The largest absolute Gasteiger partial charge is 0.494 e. The SMILES string of the molecule is CCCCN(CC(=O)Nc1sc2c(c1C(=O)OCC)CC[C@H](C)C2)S(=O)(=O)c1ccc(OCC)cc1. The molecule has 2 aromatic rings. The van der Waals surface area contributed by atoms with Gasteiger partial charge in [0.2, 0.25) is 15.9 Å². The van der Waals surface area contributed by atoms with Crippen LogP contribution in [0.15, 0.2) is 29.2 Å². The smallest absolute Gasteiger partial charge is 0.341 e. The number of carbonyl (C=O) groups excluding carboxylic acids is 2. The molecule has 0 saturated carbocycles. The Balaban J connectivity index is 1.84. The normalized spacial score (nSPS) is 15.4. The number of anilines is 1. The average Bonchev–Trinajstić information content (AvgIpc) is 3.19. The molecule has 0 saturated heterocycles. The van der Waals surface area contributed by atoms with Crippen LogP contribution in [-0.2, 0) is 32.4 Å². The number of hydrogen-bond acceptors (Lipinski definition) is 7. The fraction of sp³-hybridized carbons (Fsp3) is 0.538. The molecule has 3 rings (SSSR count). The third-order valence-corrected chi connectivity index (χ3v) is 9.13. The van der Waals surface area contributed by atoms with Crippen molar-refractivity contribution in [3.05, 3.63) is 40.3 Å². The molecule has 0 aliphatic heterocycles. The Morgan fingerprint density at radius 3 is 2.50 bits per heavy atom. The predicted molar refractivity (Wildman–Crippen MR) is 141 cm³/mol. The molecule has 1 amide bonds. The number of benzene rings is 1. The van der Waals surface area contributed by atoms with E-state index in [-0.39, 0.29) is 24.6 Å². The third-order valence-electron chi connectivity index (χ3n) is 6.10. The van der Waals surface area contributed by atoms with E-state index in [0.29, 0.717) is 35.3 Å². The molecule has 36 heavy (non-hydrogen) atoms. The molecule has 0 spiro atoms. The highest BCUT2D eigenvalue weighted by Gasteiger charge is 2.31. The first-order valence-electron chi connectivity index (χ1n) is 12.6. The summed E-state index contributed by atoms with van der Waals surface area (Å²) >= 11 is 1.39. The van der Waals surface area contributed by atoms with Gasteiger partial charge in [-0.05, 0) is 75.3 Å². The number of ether oxygens (including phenoxy) is 2. The van der Waals surface area contributed by atoms with Crippen LogP contribution in [0.1, 0.15) is 67.8 Å². The summed E-state index contributed by atoms with van der Waals surface area (Å²) in [7, 11) is -3.91. The van der Waals surface area contributed by atoms with E-state index in [2.05, 4.69) is 12.2 Å². The van der Waals surface area contributed by atoms with Gasteiger partial charge < -0.3 is 14.8 Å². The molecule has 0 fully saturated rings. The molecule has 1 atom stereocenters. The molecule has 1 aromatic heterocycles. The Morgan fingerprint density at radius 1 is 1.14 bits per heavy atom. The molecule has 0 radical (unpaired) electrons. The van der Waals surface area contributed by atoms with Crippen molar-refractivity contribution in [1.29, 1.82) is 0 Å². The number of fused-ring (bicyclic) bond motifs is 1. The highest BCUT2D eigenvalue weighted by molar-refractivity contribution is 7.89. The van der Waals surface area contributed by atoms with E-state index in [1.165, 1.54) is 27.8 Å². The van der Waals surface area contributed by atoms with Gasteiger partial charge in [0.1, 0.15) is 10.8 Å². The standard InChI is InChI=1S/C26H36N2O6S2/c1-5-8-15-28(36(31,32)20-12-10-19(11-13-20)33-6-2)17-23(29)27-25-24(26(30)34-7-3)21-14-9-18(4)16-22(21)35-25/h10-13,18H,5-9,14-17H2,1-4H3,(H,27,29)/t18-/m0/s1. The minimum absolute atomic E-state index is 0.0997. The molecule has 1 aromatic carbocycles. The van der Waals surface area contributed by atoms with Gasteiger partial charge >= 0.3 is 5.97 Å². The number of hydrogen-bond donors (Lipinski definition) is 1. The minimum Gasteiger partial charge on any atom is -0.494 e. The maximum atomic E-state index is 13.4. The van der Waals surface area contributed by atoms with Gasteiger partial charge in [-0.3, -0.25) is 4.79 Å². The zero-order valence-corrected chi connectivity index (χ0v) is 23.1. The number of nitrogens with one attached hydrogen (secondary N) is 1. The van der Waals surface area contributed by atoms with Crippen molar-refractivity contribution < 1.29 is 27.5 Å². The number of sulfonamides is 1. The van der Waals surface area contributed by atoms with E-state index in [1.54, 1.807) is 19.1 Å². The van der Waals surface area contributed by atoms with E-state index in [1.807, 2.05) is 13.8 Å². The summed E-state index contributed by atoms with van der Waals surface area (Å²) in [5, 5.41) is 3.27. The lowest BCUT2D eigenvalue weighted by atomic mass is 9.88. The van der Waals surface area contributed by atoms with Gasteiger partial charge in [0.25, 0.3) is 0 Å². The first-order valence-corrected chi connectivity index (χ1v) is 14.8. The van der Waals surface area contributed by atoms with Crippen molar-refractivity contribution in [2.75, 3.05) is 31.6 Å². The second-order valence-corrected chi connectivity index (χ2v) is 12.0. The average molecular weight is 537 g/mol. The number of carbonyl (C=O) groups is 2. The number of unbranched alkanes of at least 4 members (excludes halogenated alkanes) is 1. The second-order valence-electron chi connectivity index (χ2n) is 8.92. The van der Waals surface area contributed by atoms with Crippen LogP contribution in [0.2, 0.25) is 0 Å². The summed E-state index contributed by atoms with van der Waals surface area (Å²) in [4.78, 5) is 27.1. The van der Waals surface area contributed by atoms with Crippen LogP contribution >= 0.6 is 11.3 Å². The Labute approximate surface area is 218 Å². The van der Waals surface area contributed by atoms with Crippen molar-refractivity contribution >= 4 is 38.2 Å². The second kappa shape index (κ2) is 12.7. The van der Waals surface area contributed by atoms with Crippen LogP contribution in [0.5, 0.6) is 5.75 Å². The molecule has 10 heteroatoms. The Kier molecular flexibility index (Phi) is 9.92. The molecule has 8 nitrogen and oxygen atoms in total. The van der Waals surface area contributed by atoms with Gasteiger partial charge in [0.15, 0.2) is 0 Å². The molecule has 0 bridgehead atoms. The lowest BCUT2D eigenvalue weighted by Gasteiger charge is -2.22. The zero-order chi connectivity index (χ0) is 26.3. The summed E-state index contributed by atoms with van der Waals surface area (Å²) in [6, 6.07) is 6.20. The molecular formula is C26H36N2O6S2. The fourth-order valence-electron chi connectivity index (χ4n) is 4.23.